The maximum atomic E-state index is 12.2. The van der Waals surface area contributed by atoms with Gasteiger partial charge in [-0.05, 0) is 49.2 Å². The molecule has 0 fully saturated rings. The monoisotopic (exact) mass is 460 g/mol. The molecule has 0 heterocycles. The lowest BCUT2D eigenvalue weighted by Gasteiger charge is -2.22. The minimum absolute atomic E-state index is 0.0471. The molecule has 2 aromatic carbocycles. The lowest BCUT2D eigenvalue weighted by molar-refractivity contribution is -0.150. The normalized spacial score (nSPS) is 12.1. The van der Waals surface area contributed by atoms with E-state index in [1.165, 1.54) is 32.0 Å². The van der Waals surface area contributed by atoms with Crippen LogP contribution in [0, 0.1) is 10.8 Å². The van der Waals surface area contributed by atoms with Gasteiger partial charge in [-0.1, -0.05) is 24.3 Å². The molecule has 2 rings (SSSR count). The molecule has 0 spiro atoms. The summed E-state index contributed by atoms with van der Waals surface area (Å²) < 4.78 is 10.4. The predicted molar refractivity (Wildman–Crippen MR) is 119 cm³/mol. The first-order valence-corrected chi connectivity index (χ1v) is 10.1. The molecular weight excluding hydrogens is 432 g/mol. The van der Waals surface area contributed by atoms with Gasteiger partial charge in [-0.2, -0.15) is 0 Å². The third kappa shape index (κ3) is 6.62. The van der Waals surface area contributed by atoms with Crippen LogP contribution in [-0.4, -0.2) is 63.9 Å². The summed E-state index contributed by atoms with van der Waals surface area (Å²) in [6.07, 6.45) is 3.37. The lowest BCUT2D eigenvalue weighted by atomic mass is 9.93. The number of aliphatic hydroxyl groups excluding tert-OH is 4. The van der Waals surface area contributed by atoms with Crippen molar-refractivity contribution in [1.82, 2.24) is 0 Å². The summed E-state index contributed by atoms with van der Waals surface area (Å²) in [4.78, 5) is 24.3. The first-order chi connectivity index (χ1) is 15.6. The van der Waals surface area contributed by atoms with Crippen molar-refractivity contribution < 1.29 is 44.6 Å². The van der Waals surface area contributed by atoms with Crippen molar-refractivity contribution in [3.63, 3.8) is 0 Å². The van der Waals surface area contributed by atoms with Crippen molar-refractivity contribution in [2.75, 3.05) is 26.4 Å². The van der Waals surface area contributed by atoms with E-state index in [0.717, 1.165) is 5.56 Å². The van der Waals surface area contributed by atoms with Crippen molar-refractivity contribution in [3.8, 4) is 17.2 Å². The molecule has 0 aliphatic carbocycles. The number of carbonyl (C=O) groups is 2. The van der Waals surface area contributed by atoms with Gasteiger partial charge in [0.2, 0.25) is 0 Å². The second-order valence-corrected chi connectivity index (χ2v) is 8.20. The molecule has 178 valence electrons. The van der Waals surface area contributed by atoms with Crippen molar-refractivity contribution in [2.24, 2.45) is 10.8 Å². The Hall–Kier alpha value is -3.24. The second kappa shape index (κ2) is 11.1. The molecule has 0 unspecified atom stereocenters. The summed E-state index contributed by atoms with van der Waals surface area (Å²) in [5, 5.41) is 47.1. The van der Waals surface area contributed by atoms with Gasteiger partial charge in [0.15, 0.2) is 0 Å². The Kier molecular flexibility index (Phi) is 8.72. The van der Waals surface area contributed by atoms with E-state index in [4.69, 9.17) is 9.47 Å². The standard InChI is InChI=1S/C24H28O9/c1-23(12-25,13-26)21(30)32-19-7-5-16(6-8-19)3-4-17-9-18(29)11-20(10-17)33-22(31)24(2,14-27)15-28/h3-11,25-29H,12-15H2,1-2H3. The fourth-order valence-corrected chi connectivity index (χ4v) is 2.42. The van der Waals surface area contributed by atoms with Crippen LogP contribution in [0.15, 0.2) is 42.5 Å². The molecule has 9 nitrogen and oxygen atoms in total. The first kappa shape index (κ1) is 26.0. The van der Waals surface area contributed by atoms with Gasteiger partial charge in [-0.3, -0.25) is 9.59 Å². The average Bonchev–Trinajstić information content (AvgIpc) is 2.82. The van der Waals surface area contributed by atoms with Crippen LogP contribution >= 0.6 is 0 Å². The van der Waals surface area contributed by atoms with Crippen LogP contribution in [0.25, 0.3) is 12.2 Å². The van der Waals surface area contributed by atoms with Crippen molar-refractivity contribution in [1.29, 1.82) is 0 Å². The van der Waals surface area contributed by atoms with E-state index in [1.54, 1.807) is 36.4 Å². The highest BCUT2D eigenvalue weighted by Crippen LogP contribution is 2.27. The van der Waals surface area contributed by atoms with Crippen LogP contribution in [0.2, 0.25) is 0 Å². The molecular formula is C24H28O9. The number of phenols is 1. The summed E-state index contributed by atoms with van der Waals surface area (Å²) in [6.45, 7) is 0.444. The Balaban J connectivity index is 2.12. The van der Waals surface area contributed by atoms with Crippen LogP contribution in [0.5, 0.6) is 17.2 Å². The average molecular weight is 460 g/mol. The summed E-state index contributed by atoms with van der Waals surface area (Å²) >= 11 is 0. The Morgan fingerprint density at radius 3 is 1.67 bits per heavy atom. The van der Waals surface area contributed by atoms with Gasteiger partial charge in [0.05, 0.1) is 26.4 Å². The van der Waals surface area contributed by atoms with Gasteiger partial charge >= 0.3 is 11.9 Å². The molecule has 9 heteroatoms. The Morgan fingerprint density at radius 1 is 0.727 bits per heavy atom. The molecule has 0 aliphatic rings. The van der Waals surface area contributed by atoms with Crippen molar-refractivity contribution in [3.05, 3.63) is 53.6 Å². The molecule has 0 aliphatic heterocycles. The zero-order valence-electron chi connectivity index (χ0n) is 18.4. The van der Waals surface area contributed by atoms with Gasteiger partial charge in [-0.15, -0.1) is 0 Å². The fourth-order valence-electron chi connectivity index (χ4n) is 2.42. The van der Waals surface area contributed by atoms with Crippen LogP contribution < -0.4 is 9.47 Å². The van der Waals surface area contributed by atoms with Gasteiger partial charge in [0, 0.05) is 6.07 Å². The third-order valence-electron chi connectivity index (χ3n) is 5.06. The van der Waals surface area contributed by atoms with E-state index >= 15 is 0 Å². The number of phenolic OH excluding ortho intramolecular Hbond substituents is 1. The van der Waals surface area contributed by atoms with E-state index in [9.17, 15) is 35.1 Å². The number of aromatic hydroxyl groups is 1. The molecule has 0 amide bonds. The molecule has 5 N–H and O–H groups in total. The quantitative estimate of drug-likeness (QED) is 0.201. The minimum Gasteiger partial charge on any atom is -0.508 e. The smallest absolute Gasteiger partial charge is 0.321 e. The highest BCUT2D eigenvalue weighted by Gasteiger charge is 2.35. The molecule has 0 bridgehead atoms. The Labute approximate surface area is 191 Å². The first-order valence-electron chi connectivity index (χ1n) is 10.1. The van der Waals surface area contributed by atoms with E-state index in [2.05, 4.69) is 0 Å². The molecule has 33 heavy (non-hydrogen) atoms. The summed E-state index contributed by atoms with van der Waals surface area (Å²) in [7, 11) is 0. The minimum atomic E-state index is -1.47. The highest BCUT2D eigenvalue weighted by molar-refractivity contribution is 5.80. The Morgan fingerprint density at radius 2 is 1.18 bits per heavy atom. The van der Waals surface area contributed by atoms with Gasteiger partial charge < -0.3 is 35.0 Å². The van der Waals surface area contributed by atoms with Crippen molar-refractivity contribution >= 4 is 24.1 Å². The zero-order chi connectivity index (χ0) is 24.6. The summed E-state index contributed by atoms with van der Waals surface area (Å²) in [5.74, 6) is -1.45. The molecule has 0 saturated carbocycles. The maximum Gasteiger partial charge on any atom is 0.321 e. The number of benzene rings is 2. The number of hydrogen-bond acceptors (Lipinski definition) is 9. The zero-order valence-corrected chi connectivity index (χ0v) is 18.4. The fraction of sp³-hybridized carbons (Fsp3) is 0.333. The molecule has 0 saturated heterocycles. The van der Waals surface area contributed by atoms with E-state index in [1.807, 2.05) is 0 Å². The topological polar surface area (TPSA) is 154 Å². The number of esters is 2. The summed E-state index contributed by atoms with van der Waals surface area (Å²) in [6, 6.07) is 10.6. The Bertz CT molecular complexity index is 987. The third-order valence-corrected chi connectivity index (χ3v) is 5.06. The number of ether oxygens (including phenoxy) is 2. The van der Waals surface area contributed by atoms with E-state index in [0.29, 0.717) is 5.56 Å². The van der Waals surface area contributed by atoms with E-state index < -0.39 is 49.2 Å². The number of hydrogen-bond donors (Lipinski definition) is 5. The predicted octanol–water partition coefficient (Wildman–Crippen LogP) is 1.36. The number of aliphatic hydroxyl groups is 4. The summed E-state index contributed by atoms with van der Waals surface area (Å²) in [5.41, 5.74) is -1.62. The van der Waals surface area contributed by atoms with E-state index in [-0.39, 0.29) is 17.2 Å². The van der Waals surface area contributed by atoms with Gasteiger partial charge in [0.1, 0.15) is 28.1 Å². The molecule has 0 radical (unpaired) electrons. The SMILES string of the molecule is CC(CO)(CO)C(=O)Oc1ccc(C=Cc2cc(O)cc(OC(=O)C(C)(CO)CO)c2)cc1. The number of rotatable bonds is 10. The van der Waals surface area contributed by atoms with Crippen LogP contribution in [-0.2, 0) is 9.59 Å². The molecule has 2 aromatic rings. The van der Waals surface area contributed by atoms with Crippen molar-refractivity contribution in [2.45, 2.75) is 13.8 Å². The van der Waals surface area contributed by atoms with Gasteiger partial charge in [-0.25, -0.2) is 0 Å². The van der Waals surface area contributed by atoms with Crippen LogP contribution in [0.4, 0.5) is 0 Å². The lowest BCUT2D eigenvalue weighted by Crippen LogP contribution is -2.38. The molecule has 0 aromatic heterocycles. The largest absolute Gasteiger partial charge is 0.508 e. The second-order valence-electron chi connectivity index (χ2n) is 8.20. The van der Waals surface area contributed by atoms with Gasteiger partial charge in [0.25, 0.3) is 0 Å². The van der Waals surface area contributed by atoms with Crippen LogP contribution in [0.1, 0.15) is 25.0 Å². The molecule has 0 atom stereocenters. The number of carbonyl (C=O) groups excluding carboxylic acids is 2. The van der Waals surface area contributed by atoms with Crippen LogP contribution in [0.3, 0.4) is 0 Å². The highest BCUT2D eigenvalue weighted by atomic mass is 16.5. The maximum absolute atomic E-state index is 12.2.